The predicted octanol–water partition coefficient (Wildman–Crippen LogP) is 4.57. The highest BCUT2D eigenvalue weighted by Crippen LogP contribution is 2.25. The van der Waals surface area contributed by atoms with Crippen LogP contribution < -0.4 is 5.32 Å². The van der Waals surface area contributed by atoms with E-state index in [1.54, 1.807) is 19.9 Å². The number of carbonyl (C=O) groups is 1. The summed E-state index contributed by atoms with van der Waals surface area (Å²) in [5.74, 6) is -0.0250. The first kappa shape index (κ1) is 16.0. The standard InChI is InChI=1S/C15H14ClIN2O2/c1-3-21-15(20)12-8-9(2)13(16)19-14(12)18-11-6-4-10(17)5-7-11/h4-8H,3H2,1-2H3,(H,18,19). The molecule has 0 aliphatic heterocycles. The quantitative estimate of drug-likeness (QED) is 0.451. The number of anilines is 2. The lowest BCUT2D eigenvalue weighted by molar-refractivity contribution is 0.0527. The average molecular weight is 417 g/mol. The van der Waals surface area contributed by atoms with E-state index in [-0.39, 0.29) is 0 Å². The van der Waals surface area contributed by atoms with Crippen molar-refractivity contribution in [2.45, 2.75) is 13.8 Å². The molecule has 0 aliphatic rings. The molecule has 0 bridgehead atoms. The molecule has 0 amide bonds. The highest BCUT2D eigenvalue weighted by molar-refractivity contribution is 14.1. The Balaban J connectivity index is 2.38. The monoisotopic (exact) mass is 416 g/mol. The zero-order chi connectivity index (χ0) is 15.4. The van der Waals surface area contributed by atoms with Gasteiger partial charge in [0.2, 0.25) is 0 Å². The number of nitrogens with zero attached hydrogens (tertiary/aromatic N) is 1. The number of pyridine rings is 1. The number of esters is 1. The molecule has 0 spiro atoms. The maximum Gasteiger partial charge on any atom is 0.341 e. The summed E-state index contributed by atoms with van der Waals surface area (Å²) in [6, 6.07) is 9.42. The molecule has 21 heavy (non-hydrogen) atoms. The summed E-state index contributed by atoms with van der Waals surface area (Å²) >= 11 is 8.28. The second-order valence-corrected chi connectivity index (χ2v) is 5.95. The fraction of sp³-hybridized carbons (Fsp3) is 0.200. The lowest BCUT2D eigenvalue weighted by Crippen LogP contribution is -2.10. The van der Waals surface area contributed by atoms with Crippen molar-refractivity contribution in [2.24, 2.45) is 0 Å². The first-order chi connectivity index (χ1) is 10.0. The average Bonchev–Trinajstić information content (AvgIpc) is 2.45. The Bertz CT molecular complexity index is 659. The van der Waals surface area contributed by atoms with Gasteiger partial charge in [0.1, 0.15) is 16.5 Å². The summed E-state index contributed by atoms with van der Waals surface area (Å²) < 4.78 is 6.18. The molecule has 2 aromatic rings. The zero-order valence-electron chi connectivity index (χ0n) is 11.6. The number of nitrogens with one attached hydrogen (secondary N) is 1. The van der Waals surface area contributed by atoms with Gasteiger partial charge in [0.15, 0.2) is 0 Å². The van der Waals surface area contributed by atoms with Crippen LogP contribution in [0.15, 0.2) is 30.3 Å². The van der Waals surface area contributed by atoms with Crippen LogP contribution in [0.2, 0.25) is 5.15 Å². The molecule has 4 nitrogen and oxygen atoms in total. The smallest absolute Gasteiger partial charge is 0.341 e. The van der Waals surface area contributed by atoms with E-state index in [0.717, 1.165) is 14.8 Å². The van der Waals surface area contributed by atoms with Crippen molar-refractivity contribution in [2.75, 3.05) is 11.9 Å². The van der Waals surface area contributed by atoms with Crippen molar-refractivity contribution in [1.29, 1.82) is 0 Å². The number of hydrogen-bond acceptors (Lipinski definition) is 4. The largest absolute Gasteiger partial charge is 0.462 e. The Morgan fingerprint density at radius 3 is 2.67 bits per heavy atom. The molecule has 1 aromatic carbocycles. The lowest BCUT2D eigenvalue weighted by Gasteiger charge is -2.12. The van der Waals surface area contributed by atoms with Crippen molar-refractivity contribution in [3.8, 4) is 0 Å². The Morgan fingerprint density at radius 2 is 2.05 bits per heavy atom. The number of rotatable bonds is 4. The third-order valence-electron chi connectivity index (χ3n) is 2.75. The van der Waals surface area contributed by atoms with Crippen LogP contribution in [0.3, 0.4) is 0 Å². The van der Waals surface area contributed by atoms with Gasteiger partial charge < -0.3 is 10.1 Å². The highest BCUT2D eigenvalue weighted by Gasteiger charge is 2.16. The van der Waals surface area contributed by atoms with Crippen LogP contribution in [0, 0.1) is 10.5 Å². The number of halogens is 2. The van der Waals surface area contributed by atoms with Gasteiger partial charge in [0.05, 0.1) is 6.61 Å². The van der Waals surface area contributed by atoms with Gasteiger partial charge in [0, 0.05) is 9.26 Å². The first-order valence-electron chi connectivity index (χ1n) is 6.38. The molecule has 0 atom stereocenters. The van der Waals surface area contributed by atoms with Gasteiger partial charge in [-0.15, -0.1) is 0 Å². The second-order valence-electron chi connectivity index (χ2n) is 4.34. The van der Waals surface area contributed by atoms with E-state index in [0.29, 0.717) is 23.1 Å². The molecule has 0 saturated heterocycles. The minimum absolute atomic E-state index is 0.309. The van der Waals surface area contributed by atoms with Crippen LogP contribution in [0.4, 0.5) is 11.5 Å². The van der Waals surface area contributed by atoms with Crippen molar-refractivity contribution in [1.82, 2.24) is 4.98 Å². The molecule has 0 unspecified atom stereocenters. The third-order valence-corrected chi connectivity index (χ3v) is 3.86. The summed E-state index contributed by atoms with van der Waals surface area (Å²) in [5, 5.41) is 3.46. The number of aromatic nitrogens is 1. The molecule has 0 aliphatic carbocycles. The maximum atomic E-state index is 12.0. The molecular weight excluding hydrogens is 403 g/mol. The molecule has 0 saturated carbocycles. The molecule has 0 radical (unpaired) electrons. The van der Waals surface area contributed by atoms with Crippen molar-refractivity contribution >= 4 is 51.7 Å². The van der Waals surface area contributed by atoms with Crippen LogP contribution in [-0.4, -0.2) is 17.6 Å². The lowest BCUT2D eigenvalue weighted by atomic mass is 10.2. The predicted molar refractivity (Wildman–Crippen MR) is 92.4 cm³/mol. The van der Waals surface area contributed by atoms with Gasteiger partial charge in [-0.3, -0.25) is 0 Å². The Hall–Kier alpha value is -1.34. The highest BCUT2D eigenvalue weighted by atomic mass is 127. The van der Waals surface area contributed by atoms with Gasteiger partial charge in [-0.25, -0.2) is 9.78 Å². The van der Waals surface area contributed by atoms with Crippen molar-refractivity contribution < 1.29 is 9.53 Å². The molecule has 1 N–H and O–H groups in total. The third kappa shape index (κ3) is 4.07. The first-order valence-corrected chi connectivity index (χ1v) is 7.83. The number of aryl methyl sites for hydroxylation is 1. The summed E-state index contributed by atoms with van der Waals surface area (Å²) in [6.45, 7) is 3.87. The maximum absolute atomic E-state index is 12.0. The van der Waals surface area contributed by atoms with Gasteiger partial charge in [0.25, 0.3) is 0 Å². The van der Waals surface area contributed by atoms with E-state index >= 15 is 0 Å². The Kier molecular flexibility index (Phi) is 5.41. The van der Waals surface area contributed by atoms with Gasteiger partial charge in [-0.1, -0.05) is 11.6 Å². The van der Waals surface area contributed by atoms with E-state index in [2.05, 4.69) is 32.9 Å². The molecular formula is C15H14ClIN2O2. The second kappa shape index (κ2) is 7.09. The minimum Gasteiger partial charge on any atom is -0.462 e. The summed E-state index contributed by atoms with van der Waals surface area (Å²) in [4.78, 5) is 16.3. The van der Waals surface area contributed by atoms with Gasteiger partial charge >= 0.3 is 5.97 Å². The molecule has 6 heteroatoms. The van der Waals surface area contributed by atoms with E-state index in [1.165, 1.54) is 0 Å². The van der Waals surface area contributed by atoms with Gasteiger partial charge in [-0.2, -0.15) is 0 Å². The topological polar surface area (TPSA) is 51.2 Å². The summed E-state index contributed by atoms with van der Waals surface area (Å²) in [6.07, 6.45) is 0. The van der Waals surface area contributed by atoms with Crippen LogP contribution in [0.25, 0.3) is 0 Å². The van der Waals surface area contributed by atoms with E-state index < -0.39 is 5.97 Å². The number of carbonyl (C=O) groups excluding carboxylic acids is 1. The van der Waals surface area contributed by atoms with Crippen molar-refractivity contribution in [3.05, 3.63) is 50.2 Å². The molecule has 1 heterocycles. The summed E-state index contributed by atoms with van der Waals surface area (Å²) in [7, 11) is 0. The normalized spacial score (nSPS) is 10.3. The van der Waals surface area contributed by atoms with Crippen LogP contribution >= 0.6 is 34.2 Å². The van der Waals surface area contributed by atoms with Gasteiger partial charge in [-0.05, 0) is 72.3 Å². The van der Waals surface area contributed by atoms with E-state index in [1.807, 2.05) is 24.3 Å². The fourth-order valence-electron chi connectivity index (χ4n) is 1.72. The SMILES string of the molecule is CCOC(=O)c1cc(C)c(Cl)nc1Nc1ccc(I)cc1. The zero-order valence-corrected chi connectivity index (χ0v) is 14.5. The molecule has 2 rings (SSSR count). The van der Waals surface area contributed by atoms with E-state index in [4.69, 9.17) is 16.3 Å². The Morgan fingerprint density at radius 1 is 1.38 bits per heavy atom. The van der Waals surface area contributed by atoms with E-state index in [9.17, 15) is 4.79 Å². The number of ether oxygens (including phenoxy) is 1. The van der Waals surface area contributed by atoms with Crippen LogP contribution in [-0.2, 0) is 4.74 Å². The minimum atomic E-state index is -0.419. The fourth-order valence-corrected chi connectivity index (χ4v) is 2.22. The summed E-state index contributed by atoms with van der Waals surface area (Å²) in [5.41, 5.74) is 1.93. The molecule has 110 valence electrons. The van der Waals surface area contributed by atoms with Crippen LogP contribution in [0.1, 0.15) is 22.8 Å². The molecule has 0 fully saturated rings. The van der Waals surface area contributed by atoms with Crippen molar-refractivity contribution in [3.63, 3.8) is 0 Å². The Labute approximate surface area is 142 Å². The van der Waals surface area contributed by atoms with Crippen LogP contribution in [0.5, 0.6) is 0 Å². The molecule has 1 aromatic heterocycles. The number of benzene rings is 1. The number of hydrogen-bond donors (Lipinski definition) is 1.